The van der Waals surface area contributed by atoms with Crippen LogP contribution in [0.2, 0.25) is 0 Å². The Morgan fingerprint density at radius 1 is 0.581 bits per heavy atom. The highest BCUT2D eigenvalue weighted by molar-refractivity contribution is 6.12. The van der Waals surface area contributed by atoms with Crippen LogP contribution in [0.15, 0.2) is 30.3 Å². The average molecular weight is 424 g/mol. The summed E-state index contributed by atoms with van der Waals surface area (Å²) in [6.07, 6.45) is 0. The van der Waals surface area contributed by atoms with Gasteiger partial charge in [-0.3, -0.25) is 19.2 Å². The lowest BCUT2D eigenvalue weighted by Crippen LogP contribution is -2.08. The number of benzene rings is 3. The van der Waals surface area contributed by atoms with Crippen molar-refractivity contribution in [3.05, 3.63) is 35.9 Å². The minimum Gasteiger partial charge on any atom is -0.427 e. The number of ether oxygens (including phenoxy) is 4. The van der Waals surface area contributed by atoms with E-state index in [1.807, 2.05) is 13.0 Å². The standard InChI is InChI=1S/C23H20O8/c1-11-6-16-8-17-9-18(28-12(2)24)10-20(30-14(4)26)22(17)23(31-15(5)27)21(16)19(7-11)29-13(3)25/h6-10H,1-5H3. The molecule has 31 heavy (non-hydrogen) atoms. The molecule has 0 atom stereocenters. The fourth-order valence-electron chi connectivity index (χ4n) is 3.34. The Hall–Kier alpha value is -3.94. The maximum absolute atomic E-state index is 11.9. The monoisotopic (exact) mass is 424 g/mol. The zero-order chi connectivity index (χ0) is 22.9. The van der Waals surface area contributed by atoms with Crippen LogP contribution < -0.4 is 18.9 Å². The first-order valence-corrected chi connectivity index (χ1v) is 9.34. The van der Waals surface area contributed by atoms with Crippen LogP contribution in [0.1, 0.15) is 33.3 Å². The molecule has 0 N–H and O–H groups in total. The lowest BCUT2D eigenvalue weighted by Gasteiger charge is -2.17. The van der Waals surface area contributed by atoms with Gasteiger partial charge in [0.1, 0.15) is 17.2 Å². The highest BCUT2D eigenvalue weighted by atomic mass is 16.6. The summed E-state index contributed by atoms with van der Waals surface area (Å²) in [5.74, 6) is -1.93. The third-order valence-electron chi connectivity index (χ3n) is 4.16. The summed E-state index contributed by atoms with van der Waals surface area (Å²) >= 11 is 0. The van der Waals surface area contributed by atoms with Crippen LogP contribution in [-0.2, 0) is 19.2 Å². The molecule has 0 heterocycles. The highest BCUT2D eigenvalue weighted by Crippen LogP contribution is 2.46. The van der Waals surface area contributed by atoms with Gasteiger partial charge in [-0.2, -0.15) is 0 Å². The topological polar surface area (TPSA) is 105 Å². The number of hydrogen-bond donors (Lipinski definition) is 0. The van der Waals surface area contributed by atoms with Crippen LogP contribution in [0, 0.1) is 6.92 Å². The maximum Gasteiger partial charge on any atom is 0.308 e. The fraction of sp³-hybridized carbons (Fsp3) is 0.217. The predicted octanol–water partition coefficient (Wildman–Crippen LogP) is 4.00. The van der Waals surface area contributed by atoms with E-state index in [4.69, 9.17) is 18.9 Å². The molecule has 0 amide bonds. The molecular weight excluding hydrogens is 404 g/mol. The maximum atomic E-state index is 11.9. The molecule has 0 spiro atoms. The summed E-state index contributed by atoms with van der Waals surface area (Å²) in [5.41, 5.74) is 0.799. The lowest BCUT2D eigenvalue weighted by atomic mass is 9.98. The molecule has 0 aliphatic heterocycles. The minimum atomic E-state index is -0.626. The van der Waals surface area contributed by atoms with E-state index in [-0.39, 0.29) is 28.4 Å². The Kier molecular flexibility index (Phi) is 5.92. The van der Waals surface area contributed by atoms with E-state index >= 15 is 0 Å². The van der Waals surface area contributed by atoms with Gasteiger partial charge in [-0.15, -0.1) is 0 Å². The molecule has 0 aliphatic carbocycles. The van der Waals surface area contributed by atoms with E-state index in [1.54, 1.807) is 18.2 Å². The van der Waals surface area contributed by atoms with Crippen molar-refractivity contribution in [1.82, 2.24) is 0 Å². The number of esters is 4. The number of carbonyl (C=O) groups excluding carboxylic acids is 4. The molecule has 160 valence electrons. The van der Waals surface area contributed by atoms with Crippen LogP contribution in [0.25, 0.3) is 21.5 Å². The largest absolute Gasteiger partial charge is 0.427 e. The molecular formula is C23H20O8. The molecule has 0 fully saturated rings. The van der Waals surface area contributed by atoms with Crippen molar-refractivity contribution in [2.75, 3.05) is 0 Å². The summed E-state index contributed by atoms with van der Waals surface area (Å²) < 4.78 is 21.4. The molecule has 8 nitrogen and oxygen atoms in total. The number of rotatable bonds is 4. The summed E-state index contributed by atoms with van der Waals surface area (Å²) in [6, 6.07) is 8.10. The second kappa shape index (κ2) is 8.43. The lowest BCUT2D eigenvalue weighted by molar-refractivity contribution is -0.133. The van der Waals surface area contributed by atoms with Crippen molar-refractivity contribution in [2.24, 2.45) is 0 Å². The first-order chi connectivity index (χ1) is 14.5. The molecule has 3 rings (SSSR count). The first-order valence-electron chi connectivity index (χ1n) is 9.34. The van der Waals surface area contributed by atoms with Gasteiger partial charge in [-0.25, -0.2) is 0 Å². The Morgan fingerprint density at radius 3 is 1.58 bits per heavy atom. The third kappa shape index (κ3) is 4.80. The Morgan fingerprint density at radius 2 is 1.06 bits per heavy atom. The predicted molar refractivity (Wildman–Crippen MR) is 111 cm³/mol. The van der Waals surface area contributed by atoms with Crippen LogP contribution in [-0.4, -0.2) is 23.9 Å². The first kappa shape index (κ1) is 21.8. The van der Waals surface area contributed by atoms with Gasteiger partial charge in [0, 0.05) is 33.8 Å². The second-order valence-corrected chi connectivity index (χ2v) is 6.96. The zero-order valence-corrected chi connectivity index (χ0v) is 17.7. The second-order valence-electron chi connectivity index (χ2n) is 6.96. The van der Waals surface area contributed by atoms with Gasteiger partial charge in [0.25, 0.3) is 0 Å². The van der Waals surface area contributed by atoms with Crippen molar-refractivity contribution in [3.8, 4) is 23.0 Å². The van der Waals surface area contributed by atoms with Gasteiger partial charge < -0.3 is 18.9 Å². The van der Waals surface area contributed by atoms with Crippen molar-refractivity contribution in [2.45, 2.75) is 34.6 Å². The van der Waals surface area contributed by atoms with Crippen LogP contribution in [0.3, 0.4) is 0 Å². The molecule has 0 radical (unpaired) electrons. The van der Waals surface area contributed by atoms with E-state index in [1.165, 1.54) is 33.8 Å². The highest BCUT2D eigenvalue weighted by Gasteiger charge is 2.22. The van der Waals surface area contributed by atoms with Crippen LogP contribution in [0.4, 0.5) is 0 Å². The Balaban J connectivity index is 2.51. The van der Waals surface area contributed by atoms with Crippen molar-refractivity contribution >= 4 is 45.4 Å². The van der Waals surface area contributed by atoms with Gasteiger partial charge in [0.2, 0.25) is 0 Å². The Bertz CT molecular complexity index is 1260. The fourth-order valence-corrected chi connectivity index (χ4v) is 3.34. The van der Waals surface area contributed by atoms with E-state index < -0.39 is 23.9 Å². The Labute approximate surface area is 177 Å². The molecule has 0 aromatic heterocycles. The number of carbonyl (C=O) groups is 4. The van der Waals surface area contributed by atoms with Gasteiger partial charge in [0.05, 0.1) is 10.8 Å². The molecule has 0 bridgehead atoms. The molecule has 0 unspecified atom stereocenters. The van der Waals surface area contributed by atoms with E-state index in [2.05, 4.69) is 0 Å². The molecule has 8 heteroatoms. The van der Waals surface area contributed by atoms with Gasteiger partial charge in [-0.05, 0) is 41.5 Å². The number of aryl methyl sites for hydroxylation is 1. The van der Waals surface area contributed by atoms with Crippen molar-refractivity contribution in [1.29, 1.82) is 0 Å². The molecule has 0 saturated carbocycles. The van der Waals surface area contributed by atoms with E-state index in [9.17, 15) is 19.2 Å². The molecule has 3 aromatic carbocycles. The van der Waals surface area contributed by atoms with Gasteiger partial charge in [0.15, 0.2) is 5.75 Å². The quantitative estimate of drug-likeness (QED) is 0.352. The van der Waals surface area contributed by atoms with Gasteiger partial charge >= 0.3 is 23.9 Å². The minimum absolute atomic E-state index is 0.0220. The molecule has 3 aromatic rings. The summed E-state index contributed by atoms with van der Waals surface area (Å²) in [6.45, 7) is 6.76. The normalized spacial score (nSPS) is 10.6. The average Bonchev–Trinajstić information content (AvgIpc) is 2.58. The zero-order valence-electron chi connectivity index (χ0n) is 17.7. The molecule has 0 saturated heterocycles. The number of hydrogen-bond acceptors (Lipinski definition) is 8. The van der Waals surface area contributed by atoms with Crippen molar-refractivity contribution in [3.63, 3.8) is 0 Å². The SMILES string of the molecule is CC(=O)Oc1cc(OC(C)=O)c2c(OC(C)=O)c3c(OC(C)=O)cc(C)cc3cc2c1. The third-order valence-corrected chi connectivity index (χ3v) is 4.16. The van der Waals surface area contributed by atoms with Crippen LogP contribution in [0.5, 0.6) is 23.0 Å². The summed E-state index contributed by atoms with van der Waals surface area (Å²) in [4.78, 5) is 46.8. The smallest absolute Gasteiger partial charge is 0.308 e. The number of fused-ring (bicyclic) bond motifs is 2. The summed E-state index contributed by atoms with van der Waals surface area (Å²) in [7, 11) is 0. The summed E-state index contributed by atoms with van der Waals surface area (Å²) in [5, 5.41) is 1.73. The molecule has 0 aliphatic rings. The van der Waals surface area contributed by atoms with E-state index in [0.29, 0.717) is 16.2 Å². The van der Waals surface area contributed by atoms with Gasteiger partial charge in [-0.1, -0.05) is 6.07 Å². The van der Waals surface area contributed by atoms with E-state index in [0.717, 1.165) is 5.56 Å². The van der Waals surface area contributed by atoms with Crippen molar-refractivity contribution < 1.29 is 38.1 Å². The van der Waals surface area contributed by atoms with Crippen LogP contribution >= 0.6 is 0 Å².